The van der Waals surface area contributed by atoms with Crippen molar-refractivity contribution in [1.29, 1.82) is 0 Å². The lowest BCUT2D eigenvalue weighted by Crippen LogP contribution is -2.30. The van der Waals surface area contributed by atoms with Gasteiger partial charge in [-0.3, -0.25) is 9.59 Å². The molecule has 0 spiro atoms. The summed E-state index contributed by atoms with van der Waals surface area (Å²) in [4.78, 5) is 28.3. The normalized spacial score (nSPS) is 16.4. The number of hydrogen-bond acceptors (Lipinski definition) is 6. The van der Waals surface area contributed by atoms with Crippen molar-refractivity contribution >= 4 is 23.0 Å². The Kier molecular flexibility index (Phi) is 5.99. The Bertz CT molecular complexity index is 1190. The van der Waals surface area contributed by atoms with Crippen LogP contribution in [0.2, 0.25) is 0 Å². The summed E-state index contributed by atoms with van der Waals surface area (Å²) in [6, 6.07) is 16.3. The molecule has 1 amide bonds. The lowest BCUT2D eigenvalue weighted by atomic mass is 9.95. The minimum atomic E-state index is -0.779. The van der Waals surface area contributed by atoms with Crippen molar-refractivity contribution in [2.24, 2.45) is 0 Å². The van der Waals surface area contributed by atoms with Gasteiger partial charge in [0.1, 0.15) is 17.1 Å². The van der Waals surface area contributed by atoms with E-state index in [1.807, 2.05) is 45.0 Å². The maximum Gasteiger partial charge on any atom is 0.290 e. The number of ketones is 1. The largest absolute Gasteiger partial charge is 0.508 e. The minimum absolute atomic E-state index is 0.0424. The van der Waals surface area contributed by atoms with Crippen LogP contribution in [0.25, 0.3) is 0 Å². The van der Waals surface area contributed by atoms with E-state index in [-0.39, 0.29) is 29.3 Å². The van der Waals surface area contributed by atoms with E-state index < -0.39 is 17.7 Å². The Morgan fingerprint density at radius 2 is 1.70 bits per heavy atom. The Morgan fingerprint density at radius 1 is 1.03 bits per heavy atom. The standard InChI is InChI=1S/C26H25NO5S/c1-26(2,3)32-19-12-6-16(7-13-19)15-27-22(17-8-10-18(28)11-9-17)21(24(30)25(27)31)23(29)20-5-4-14-33-20/h4-14,22,28,30H,15H2,1-3H3. The molecule has 0 radical (unpaired) electrons. The zero-order valence-corrected chi connectivity index (χ0v) is 19.4. The van der Waals surface area contributed by atoms with Gasteiger partial charge in [-0.1, -0.05) is 30.3 Å². The van der Waals surface area contributed by atoms with Gasteiger partial charge in [-0.25, -0.2) is 0 Å². The van der Waals surface area contributed by atoms with Crippen LogP contribution in [0.5, 0.6) is 11.5 Å². The molecule has 0 aliphatic carbocycles. The quantitative estimate of drug-likeness (QED) is 0.478. The van der Waals surface area contributed by atoms with Crippen molar-refractivity contribution in [3.8, 4) is 11.5 Å². The van der Waals surface area contributed by atoms with Gasteiger partial charge in [-0.05, 0) is 67.6 Å². The van der Waals surface area contributed by atoms with E-state index in [1.165, 1.54) is 28.4 Å². The van der Waals surface area contributed by atoms with Crippen LogP contribution in [0, 0.1) is 0 Å². The van der Waals surface area contributed by atoms with Crippen LogP contribution >= 0.6 is 11.3 Å². The molecule has 33 heavy (non-hydrogen) atoms. The zero-order chi connectivity index (χ0) is 23.8. The lowest BCUT2D eigenvalue weighted by molar-refractivity contribution is -0.130. The molecule has 6 nitrogen and oxygen atoms in total. The Morgan fingerprint density at radius 3 is 2.27 bits per heavy atom. The number of thiophene rings is 1. The summed E-state index contributed by atoms with van der Waals surface area (Å²) in [7, 11) is 0. The summed E-state index contributed by atoms with van der Waals surface area (Å²) in [5, 5.41) is 22.2. The average molecular weight is 464 g/mol. The fourth-order valence-electron chi connectivity index (χ4n) is 3.81. The molecule has 1 unspecified atom stereocenters. The van der Waals surface area contributed by atoms with Crippen molar-refractivity contribution in [3.05, 3.63) is 93.4 Å². The van der Waals surface area contributed by atoms with E-state index in [9.17, 15) is 19.8 Å². The number of phenols is 1. The number of aliphatic hydroxyl groups is 1. The molecule has 3 aromatic rings. The maximum atomic E-state index is 13.2. The first-order valence-electron chi connectivity index (χ1n) is 10.5. The van der Waals surface area contributed by atoms with Gasteiger partial charge < -0.3 is 19.8 Å². The van der Waals surface area contributed by atoms with Gasteiger partial charge in [0.05, 0.1) is 16.5 Å². The fourth-order valence-corrected chi connectivity index (χ4v) is 4.48. The van der Waals surface area contributed by atoms with Crippen LogP contribution in [0.3, 0.4) is 0 Å². The molecule has 1 atom stereocenters. The summed E-state index contributed by atoms with van der Waals surface area (Å²) in [5.41, 5.74) is 1.16. The van der Waals surface area contributed by atoms with E-state index in [4.69, 9.17) is 4.74 Å². The predicted octanol–water partition coefficient (Wildman–Crippen LogP) is 5.41. The third-order valence-electron chi connectivity index (χ3n) is 5.20. The smallest absolute Gasteiger partial charge is 0.290 e. The summed E-state index contributed by atoms with van der Waals surface area (Å²) in [6.07, 6.45) is 0. The summed E-state index contributed by atoms with van der Waals surface area (Å²) >= 11 is 1.25. The van der Waals surface area contributed by atoms with E-state index in [1.54, 1.807) is 29.6 Å². The number of phenolic OH excluding ortho intramolecular Hbond substituents is 1. The molecule has 0 saturated heterocycles. The molecular formula is C26H25NO5S. The van der Waals surface area contributed by atoms with Crippen LogP contribution < -0.4 is 4.74 Å². The lowest BCUT2D eigenvalue weighted by Gasteiger charge is -2.27. The number of rotatable bonds is 6. The second kappa shape index (κ2) is 8.75. The third-order valence-corrected chi connectivity index (χ3v) is 6.07. The number of benzene rings is 2. The van der Waals surface area contributed by atoms with Gasteiger partial charge in [0, 0.05) is 6.54 Å². The van der Waals surface area contributed by atoms with Gasteiger partial charge >= 0.3 is 0 Å². The SMILES string of the molecule is CC(C)(C)Oc1ccc(CN2C(=O)C(O)=C(C(=O)c3cccs3)C2c2ccc(O)cc2)cc1. The highest BCUT2D eigenvalue weighted by Crippen LogP contribution is 2.40. The molecule has 1 aliphatic heterocycles. The number of carbonyl (C=O) groups excluding carboxylic acids is 2. The van der Waals surface area contributed by atoms with Crippen LogP contribution in [0.4, 0.5) is 0 Å². The topological polar surface area (TPSA) is 87.1 Å². The van der Waals surface area contributed by atoms with Crippen molar-refractivity contribution in [2.75, 3.05) is 0 Å². The average Bonchev–Trinajstić information content (AvgIpc) is 3.38. The van der Waals surface area contributed by atoms with Crippen molar-refractivity contribution in [3.63, 3.8) is 0 Å². The van der Waals surface area contributed by atoms with Crippen molar-refractivity contribution in [1.82, 2.24) is 4.90 Å². The Labute approximate surface area is 196 Å². The van der Waals surface area contributed by atoms with E-state index >= 15 is 0 Å². The number of Topliss-reactive ketones (excluding diaryl/α,β-unsaturated/α-hetero) is 1. The number of carbonyl (C=O) groups is 2. The number of aromatic hydroxyl groups is 1. The summed E-state index contributed by atoms with van der Waals surface area (Å²) < 4.78 is 5.86. The molecule has 2 N–H and O–H groups in total. The van der Waals surface area contributed by atoms with Crippen LogP contribution in [-0.2, 0) is 11.3 Å². The first-order chi connectivity index (χ1) is 15.6. The molecule has 1 aliphatic rings. The number of aliphatic hydroxyl groups excluding tert-OH is 1. The first-order valence-corrected chi connectivity index (χ1v) is 11.4. The number of nitrogens with zero attached hydrogens (tertiary/aromatic N) is 1. The van der Waals surface area contributed by atoms with Crippen LogP contribution in [-0.4, -0.2) is 32.4 Å². The molecule has 2 aromatic carbocycles. The van der Waals surface area contributed by atoms with Gasteiger partial charge in [0.25, 0.3) is 5.91 Å². The number of hydrogen-bond donors (Lipinski definition) is 2. The molecule has 170 valence electrons. The minimum Gasteiger partial charge on any atom is -0.508 e. The summed E-state index contributed by atoms with van der Waals surface area (Å²) in [6.45, 7) is 6.08. The monoisotopic (exact) mass is 463 g/mol. The highest BCUT2D eigenvalue weighted by Gasteiger charge is 2.44. The molecule has 0 bridgehead atoms. The summed E-state index contributed by atoms with van der Waals surface area (Å²) in [5.74, 6) is -0.750. The van der Waals surface area contributed by atoms with Gasteiger partial charge in [0.2, 0.25) is 5.78 Å². The van der Waals surface area contributed by atoms with Gasteiger partial charge in [-0.2, -0.15) is 0 Å². The van der Waals surface area contributed by atoms with Gasteiger partial charge in [-0.15, -0.1) is 11.3 Å². The van der Waals surface area contributed by atoms with Crippen LogP contribution in [0.15, 0.2) is 77.4 Å². The second-order valence-corrected chi connectivity index (χ2v) is 9.80. The number of amides is 1. The van der Waals surface area contributed by atoms with Crippen molar-refractivity contribution < 1.29 is 24.5 Å². The molecule has 0 saturated carbocycles. The molecule has 2 heterocycles. The molecule has 1 aromatic heterocycles. The maximum absolute atomic E-state index is 13.2. The fraction of sp³-hybridized carbons (Fsp3) is 0.231. The number of ether oxygens (including phenoxy) is 1. The molecule has 7 heteroatoms. The highest BCUT2D eigenvalue weighted by atomic mass is 32.1. The van der Waals surface area contributed by atoms with E-state index in [0.29, 0.717) is 16.2 Å². The zero-order valence-electron chi connectivity index (χ0n) is 18.6. The Hall–Kier alpha value is -3.58. The van der Waals surface area contributed by atoms with Crippen LogP contribution in [0.1, 0.15) is 47.6 Å². The molecule has 4 rings (SSSR count). The first kappa shape index (κ1) is 22.6. The molecule has 0 fully saturated rings. The second-order valence-electron chi connectivity index (χ2n) is 8.85. The Balaban J connectivity index is 1.69. The predicted molar refractivity (Wildman–Crippen MR) is 127 cm³/mol. The van der Waals surface area contributed by atoms with E-state index in [0.717, 1.165) is 5.56 Å². The molecular weight excluding hydrogens is 438 g/mol. The van der Waals surface area contributed by atoms with Crippen molar-refractivity contribution in [2.45, 2.75) is 39.0 Å². The highest BCUT2D eigenvalue weighted by molar-refractivity contribution is 7.12. The van der Waals surface area contributed by atoms with E-state index in [2.05, 4.69) is 0 Å². The third kappa shape index (κ3) is 4.78. The van der Waals surface area contributed by atoms with Gasteiger partial charge in [0.15, 0.2) is 5.76 Å².